The van der Waals surface area contributed by atoms with Gasteiger partial charge >= 0.3 is 0 Å². The molecule has 0 fully saturated rings. The molecule has 0 aliphatic carbocycles. The first-order valence-electron chi connectivity index (χ1n) is 10.3. The molecule has 29 heavy (non-hydrogen) atoms. The summed E-state index contributed by atoms with van der Waals surface area (Å²) in [6.07, 6.45) is 3.88. The Morgan fingerprint density at radius 3 is 2.59 bits per heavy atom. The SMILES string of the molecule is CCOc1cc(CCCNC(=NC)NCCc2nc(CC)c(C)s2)ccc1OC. The fourth-order valence-electron chi connectivity index (χ4n) is 3.08. The molecule has 6 nitrogen and oxygen atoms in total. The van der Waals surface area contributed by atoms with Crippen molar-refractivity contribution in [2.75, 3.05) is 33.9 Å². The van der Waals surface area contributed by atoms with E-state index in [9.17, 15) is 0 Å². The van der Waals surface area contributed by atoms with Crippen LogP contribution >= 0.6 is 11.3 Å². The lowest BCUT2D eigenvalue weighted by Crippen LogP contribution is -2.38. The molecule has 0 atom stereocenters. The third-order valence-electron chi connectivity index (χ3n) is 4.59. The summed E-state index contributed by atoms with van der Waals surface area (Å²) in [5.41, 5.74) is 2.46. The summed E-state index contributed by atoms with van der Waals surface area (Å²) < 4.78 is 11.0. The number of aliphatic imine (C=N–C) groups is 1. The Labute approximate surface area is 178 Å². The number of hydrogen-bond acceptors (Lipinski definition) is 5. The maximum Gasteiger partial charge on any atom is 0.190 e. The lowest BCUT2D eigenvalue weighted by molar-refractivity contribution is 0.310. The zero-order valence-electron chi connectivity index (χ0n) is 18.3. The number of aryl methyl sites for hydroxylation is 3. The molecule has 0 radical (unpaired) electrons. The molecule has 0 spiro atoms. The molecule has 0 aliphatic rings. The van der Waals surface area contributed by atoms with Crippen LogP contribution < -0.4 is 20.1 Å². The van der Waals surface area contributed by atoms with E-state index in [4.69, 9.17) is 14.5 Å². The van der Waals surface area contributed by atoms with E-state index >= 15 is 0 Å². The third kappa shape index (κ3) is 7.24. The minimum atomic E-state index is 0.629. The maximum atomic E-state index is 5.65. The minimum Gasteiger partial charge on any atom is -0.493 e. The van der Waals surface area contributed by atoms with Gasteiger partial charge in [-0.05, 0) is 50.8 Å². The van der Waals surface area contributed by atoms with Crippen LogP contribution in [-0.2, 0) is 19.3 Å². The van der Waals surface area contributed by atoms with Crippen LogP contribution in [0.2, 0.25) is 0 Å². The van der Waals surface area contributed by atoms with Gasteiger partial charge in [0.25, 0.3) is 0 Å². The van der Waals surface area contributed by atoms with Gasteiger partial charge in [-0.2, -0.15) is 0 Å². The Balaban J connectivity index is 1.72. The van der Waals surface area contributed by atoms with Gasteiger partial charge in [0, 0.05) is 31.4 Å². The second kappa shape index (κ2) is 12.3. The second-order valence-electron chi connectivity index (χ2n) is 6.66. The summed E-state index contributed by atoms with van der Waals surface area (Å²) in [4.78, 5) is 10.3. The summed E-state index contributed by atoms with van der Waals surface area (Å²) in [5.74, 6) is 2.42. The number of rotatable bonds is 11. The van der Waals surface area contributed by atoms with Crippen molar-refractivity contribution in [3.05, 3.63) is 39.3 Å². The van der Waals surface area contributed by atoms with Crippen LogP contribution in [0, 0.1) is 6.92 Å². The van der Waals surface area contributed by atoms with Crippen LogP contribution in [0.4, 0.5) is 0 Å². The summed E-state index contributed by atoms with van der Waals surface area (Å²) in [5, 5.41) is 7.94. The number of hydrogen-bond donors (Lipinski definition) is 2. The highest BCUT2D eigenvalue weighted by Gasteiger charge is 2.07. The van der Waals surface area contributed by atoms with Gasteiger partial charge in [-0.15, -0.1) is 11.3 Å². The lowest BCUT2D eigenvalue weighted by atomic mass is 10.1. The monoisotopic (exact) mass is 418 g/mol. The standard InChI is InChI=1S/C22H34N4O2S/c1-6-18-16(3)29-21(26-18)12-14-25-22(23-4)24-13-8-9-17-10-11-19(27-5)20(15-17)28-7-2/h10-11,15H,6-9,12-14H2,1-5H3,(H2,23,24,25). The van der Waals surface area contributed by atoms with E-state index in [0.29, 0.717) is 6.61 Å². The predicted molar refractivity (Wildman–Crippen MR) is 122 cm³/mol. The fraction of sp³-hybridized carbons (Fsp3) is 0.545. The number of benzene rings is 1. The highest BCUT2D eigenvalue weighted by molar-refractivity contribution is 7.11. The number of methoxy groups -OCH3 is 1. The number of aromatic nitrogens is 1. The summed E-state index contributed by atoms with van der Waals surface area (Å²) >= 11 is 1.79. The van der Waals surface area contributed by atoms with E-state index in [1.807, 2.05) is 13.0 Å². The van der Waals surface area contributed by atoms with E-state index in [-0.39, 0.29) is 0 Å². The Hall–Kier alpha value is -2.28. The van der Waals surface area contributed by atoms with Crippen LogP contribution in [0.25, 0.3) is 0 Å². The smallest absolute Gasteiger partial charge is 0.190 e. The van der Waals surface area contributed by atoms with Crippen molar-refractivity contribution >= 4 is 17.3 Å². The van der Waals surface area contributed by atoms with Crippen LogP contribution in [0.15, 0.2) is 23.2 Å². The van der Waals surface area contributed by atoms with E-state index in [1.54, 1.807) is 25.5 Å². The van der Waals surface area contributed by atoms with Gasteiger partial charge < -0.3 is 20.1 Å². The van der Waals surface area contributed by atoms with Gasteiger partial charge in [-0.25, -0.2) is 4.98 Å². The average Bonchev–Trinajstić information content (AvgIpc) is 3.09. The van der Waals surface area contributed by atoms with Crippen molar-refractivity contribution in [2.45, 2.75) is 46.5 Å². The summed E-state index contributed by atoms with van der Waals surface area (Å²) in [6, 6.07) is 6.13. The second-order valence-corrected chi connectivity index (χ2v) is 7.95. The molecule has 0 unspecified atom stereocenters. The molecule has 0 bridgehead atoms. The maximum absolute atomic E-state index is 5.65. The normalized spacial score (nSPS) is 11.4. The van der Waals surface area contributed by atoms with Gasteiger partial charge in [0.1, 0.15) is 0 Å². The average molecular weight is 419 g/mol. The molecular formula is C22H34N4O2S. The molecule has 1 aromatic carbocycles. The largest absolute Gasteiger partial charge is 0.493 e. The fourth-order valence-corrected chi connectivity index (χ4v) is 4.10. The van der Waals surface area contributed by atoms with Gasteiger partial charge in [0.15, 0.2) is 17.5 Å². The third-order valence-corrected chi connectivity index (χ3v) is 5.66. The van der Waals surface area contributed by atoms with Gasteiger partial charge in [0.05, 0.1) is 24.4 Å². The number of nitrogens with zero attached hydrogens (tertiary/aromatic N) is 2. The van der Waals surface area contributed by atoms with E-state index in [0.717, 1.165) is 56.2 Å². The molecule has 2 rings (SSSR count). The molecule has 0 aliphatic heterocycles. The van der Waals surface area contributed by atoms with Crippen LogP contribution in [0.1, 0.15) is 41.4 Å². The lowest BCUT2D eigenvalue weighted by Gasteiger charge is -2.13. The number of ether oxygens (including phenoxy) is 2. The Bertz CT molecular complexity index is 789. The van der Waals surface area contributed by atoms with Crippen molar-refractivity contribution in [3.63, 3.8) is 0 Å². The molecule has 160 valence electrons. The van der Waals surface area contributed by atoms with E-state index in [1.165, 1.54) is 21.1 Å². The van der Waals surface area contributed by atoms with Crippen LogP contribution in [0.5, 0.6) is 11.5 Å². The van der Waals surface area contributed by atoms with Crippen molar-refractivity contribution in [1.82, 2.24) is 15.6 Å². The minimum absolute atomic E-state index is 0.629. The zero-order chi connectivity index (χ0) is 21.1. The van der Waals surface area contributed by atoms with Crippen molar-refractivity contribution in [3.8, 4) is 11.5 Å². The van der Waals surface area contributed by atoms with Crippen LogP contribution in [-0.4, -0.2) is 44.8 Å². The quantitative estimate of drug-likeness (QED) is 0.330. The molecule has 1 aromatic heterocycles. The summed E-state index contributed by atoms with van der Waals surface area (Å²) in [7, 11) is 3.47. The Kier molecular flexibility index (Phi) is 9.77. The summed E-state index contributed by atoms with van der Waals surface area (Å²) in [6.45, 7) is 8.59. The molecule has 0 saturated heterocycles. The van der Waals surface area contributed by atoms with Gasteiger partial charge in [-0.1, -0.05) is 13.0 Å². The topological polar surface area (TPSA) is 67.8 Å². The molecule has 7 heteroatoms. The van der Waals surface area contributed by atoms with E-state index < -0.39 is 0 Å². The number of thiazole rings is 1. The first-order chi connectivity index (χ1) is 14.1. The van der Waals surface area contributed by atoms with Gasteiger partial charge in [-0.3, -0.25) is 4.99 Å². The predicted octanol–water partition coefficient (Wildman–Crippen LogP) is 3.76. The zero-order valence-corrected chi connectivity index (χ0v) is 19.1. The molecule has 0 saturated carbocycles. The number of nitrogens with one attached hydrogen (secondary N) is 2. The van der Waals surface area contributed by atoms with Crippen molar-refractivity contribution in [2.24, 2.45) is 4.99 Å². The van der Waals surface area contributed by atoms with Crippen molar-refractivity contribution < 1.29 is 9.47 Å². The molecular weight excluding hydrogens is 384 g/mol. The first-order valence-corrected chi connectivity index (χ1v) is 11.1. The van der Waals surface area contributed by atoms with Gasteiger partial charge in [0.2, 0.25) is 0 Å². The molecule has 0 amide bonds. The van der Waals surface area contributed by atoms with Crippen LogP contribution in [0.3, 0.4) is 0 Å². The molecule has 1 heterocycles. The molecule has 2 N–H and O–H groups in total. The Morgan fingerprint density at radius 1 is 1.14 bits per heavy atom. The number of guanidine groups is 1. The Morgan fingerprint density at radius 2 is 1.93 bits per heavy atom. The van der Waals surface area contributed by atoms with E-state index in [2.05, 4.69) is 41.6 Å². The molecule has 2 aromatic rings. The first kappa shape index (κ1) is 23.0. The highest BCUT2D eigenvalue weighted by atomic mass is 32.1. The van der Waals surface area contributed by atoms with Crippen molar-refractivity contribution in [1.29, 1.82) is 0 Å². The highest BCUT2D eigenvalue weighted by Crippen LogP contribution is 2.28.